The molecule has 0 saturated carbocycles. The molecule has 0 unspecified atom stereocenters. The number of nitrogens with zero attached hydrogens (tertiary/aromatic N) is 6. The van der Waals surface area contributed by atoms with Crippen LogP contribution < -0.4 is 10.2 Å². The van der Waals surface area contributed by atoms with Gasteiger partial charge in [0, 0.05) is 31.5 Å². The Hall–Kier alpha value is -2.83. The summed E-state index contributed by atoms with van der Waals surface area (Å²) in [7, 11) is 0. The molecule has 4 rings (SSSR count). The van der Waals surface area contributed by atoms with Gasteiger partial charge in [-0.15, -0.1) is 0 Å². The van der Waals surface area contributed by atoms with Gasteiger partial charge < -0.3 is 10.2 Å². The van der Waals surface area contributed by atoms with Gasteiger partial charge in [-0.2, -0.15) is 0 Å². The Bertz CT molecular complexity index is 829. The summed E-state index contributed by atoms with van der Waals surface area (Å²) < 4.78 is 0. The minimum absolute atomic E-state index is 0.420. The Morgan fingerprint density at radius 2 is 1.96 bits per heavy atom. The number of pyridine rings is 1. The van der Waals surface area contributed by atoms with E-state index in [2.05, 4.69) is 35.1 Å². The second-order valence-electron chi connectivity index (χ2n) is 5.97. The first-order valence-electron chi connectivity index (χ1n) is 8.16. The molecule has 0 aromatic carbocycles. The summed E-state index contributed by atoms with van der Waals surface area (Å²) in [4.78, 5) is 24.0. The third-order valence-electron chi connectivity index (χ3n) is 4.29. The van der Waals surface area contributed by atoms with Crippen molar-refractivity contribution in [1.29, 1.82) is 0 Å². The first-order valence-corrected chi connectivity index (χ1v) is 8.16. The van der Waals surface area contributed by atoms with E-state index in [0.29, 0.717) is 6.04 Å². The summed E-state index contributed by atoms with van der Waals surface area (Å²) >= 11 is 0. The quantitative estimate of drug-likeness (QED) is 0.792. The topological polar surface area (TPSA) is 79.7 Å². The summed E-state index contributed by atoms with van der Waals surface area (Å²) in [6, 6.07) is 6.30. The smallest absolute Gasteiger partial charge is 0.164 e. The molecule has 0 amide bonds. The van der Waals surface area contributed by atoms with Crippen molar-refractivity contribution >= 4 is 22.7 Å². The molecule has 1 fully saturated rings. The van der Waals surface area contributed by atoms with Crippen LogP contribution in [0.15, 0.2) is 36.9 Å². The highest BCUT2D eigenvalue weighted by Gasteiger charge is 2.22. The summed E-state index contributed by atoms with van der Waals surface area (Å²) in [6.07, 6.45) is 7.17. The fraction of sp³-hybridized carbons (Fsp3) is 0.353. The molecule has 0 spiro atoms. The van der Waals surface area contributed by atoms with E-state index in [0.717, 1.165) is 54.4 Å². The van der Waals surface area contributed by atoms with Gasteiger partial charge in [-0.1, -0.05) is 0 Å². The molecule has 3 aromatic heterocycles. The van der Waals surface area contributed by atoms with Crippen molar-refractivity contribution in [2.45, 2.75) is 25.8 Å². The van der Waals surface area contributed by atoms with Crippen LogP contribution in [0.2, 0.25) is 0 Å². The third-order valence-corrected chi connectivity index (χ3v) is 4.29. The van der Waals surface area contributed by atoms with Gasteiger partial charge in [0.25, 0.3) is 0 Å². The van der Waals surface area contributed by atoms with Gasteiger partial charge in [0.15, 0.2) is 5.65 Å². The molecule has 0 radical (unpaired) electrons. The first kappa shape index (κ1) is 14.7. The minimum Gasteiger partial charge on any atom is -0.367 e. The number of aromatic nitrogens is 5. The van der Waals surface area contributed by atoms with Crippen molar-refractivity contribution in [3.8, 4) is 0 Å². The number of hydrogen-bond donors (Lipinski definition) is 1. The lowest BCUT2D eigenvalue weighted by Gasteiger charge is -2.33. The average Bonchev–Trinajstić information content (AvgIpc) is 2.62. The molecule has 24 heavy (non-hydrogen) atoms. The van der Waals surface area contributed by atoms with E-state index >= 15 is 0 Å². The van der Waals surface area contributed by atoms with Crippen LogP contribution in [-0.2, 0) is 0 Å². The molecular formula is C17H19N7. The number of piperidine rings is 1. The maximum absolute atomic E-state index is 4.67. The third kappa shape index (κ3) is 2.97. The highest BCUT2D eigenvalue weighted by molar-refractivity contribution is 5.86. The lowest BCUT2D eigenvalue weighted by Crippen LogP contribution is -2.39. The number of nitrogens with one attached hydrogen (secondary N) is 1. The Labute approximate surface area is 140 Å². The standard InChI is InChI=1S/C17H19N7/c1-12-21-16-14(3-2-7-19-16)17(22-12)24-9-5-13(6-10-24)23-15-4-8-18-11-20-15/h2-4,7-8,11,13H,5-6,9-10H2,1H3,(H,18,20,23). The molecule has 7 nitrogen and oxygen atoms in total. The zero-order chi connectivity index (χ0) is 16.4. The van der Waals surface area contributed by atoms with Gasteiger partial charge in [0.1, 0.15) is 23.8 Å². The van der Waals surface area contributed by atoms with E-state index in [-0.39, 0.29) is 0 Å². The fourth-order valence-corrected chi connectivity index (χ4v) is 3.11. The van der Waals surface area contributed by atoms with Crippen LogP contribution in [0.1, 0.15) is 18.7 Å². The van der Waals surface area contributed by atoms with E-state index in [1.807, 2.05) is 25.1 Å². The van der Waals surface area contributed by atoms with Crippen LogP contribution in [0, 0.1) is 6.92 Å². The summed E-state index contributed by atoms with van der Waals surface area (Å²) in [6.45, 7) is 3.81. The number of rotatable bonds is 3. The molecule has 1 saturated heterocycles. The van der Waals surface area contributed by atoms with Crippen LogP contribution in [-0.4, -0.2) is 44.1 Å². The van der Waals surface area contributed by atoms with E-state index in [1.54, 1.807) is 18.7 Å². The van der Waals surface area contributed by atoms with E-state index < -0.39 is 0 Å². The number of anilines is 2. The van der Waals surface area contributed by atoms with Gasteiger partial charge in [-0.25, -0.2) is 24.9 Å². The van der Waals surface area contributed by atoms with Crippen LogP contribution in [0.4, 0.5) is 11.6 Å². The van der Waals surface area contributed by atoms with Gasteiger partial charge in [0.05, 0.1) is 5.39 Å². The van der Waals surface area contributed by atoms with Crippen molar-refractivity contribution in [3.05, 3.63) is 42.7 Å². The zero-order valence-corrected chi connectivity index (χ0v) is 13.6. The Morgan fingerprint density at radius 1 is 1.08 bits per heavy atom. The molecule has 4 heterocycles. The Balaban J connectivity index is 1.50. The predicted molar refractivity (Wildman–Crippen MR) is 93.0 cm³/mol. The van der Waals surface area contributed by atoms with Crippen molar-refractivity contribution in [2.24, 2.45) is 0 Å². The number of hydrogen-bond acceptors (Lipinski definition) is 7. The van der Waals surface area contributed by atoms with Gasteiger partial charge in [-0.05, 0) is 38.0 Å². The van der Waals surface area contributed by atoms with Crippen molar-refractivity contribution < 1.29 is 0 Å². The SMILES string of the molecule is Cc1nc(N2CCC(Nc3ccncn3)CC2)c2cccnc2n1. The lowest BCUT2D eigenvalue weighted by atomic mass is 10.0. The molecular weight excluding hydrogens is 302 g/mol. The van der Waals surface area contributed by atoms with Crippen molar-refractivity contribution in [2.75, 3.05) is 23.3 Å². The van der Waals surface area contributed by atoms with Crippen LogP contribution in [0.25, 0.3) is 11.0 Å². The van der Waals surface area contributed by atoms with Crippen molar-refractivity contribution in [3.63, 3.8) is 0 Å². The van der Waals surface area contributed by atoms with Gasteiger partial charge >= 0.3 is 0 Å². The molecule has 0 bridgehead atoms. The predicted octanol–water partition coefficient (Wildman–Crippen LogP) is 2.20. The molecule has 3 aromatic rings. The Kier molecular flexibility index (Phi) is 3.90. The van der Waals surface area contributed by atoms with E-state index in [9.17, 15) is 0 Å². The van der Waals surface area contributed by atoms with Crippen molar-refractivity contribution in [1.82, 2.24) is 24.9 Å². The van der Waals surface area contributed by atoms with Crippen LogP contribution in [0.3, 0.4) is 0 Å². The normalized spacial score (nSPS) is 15.6. The minimum atomic E-state index is 0.420. The summed E-state index contributed by atoms with van der Waals surface area (Å²) in [5, 5.41) is 4.50. The van der Waals surface area contributed by atoms with Crippen LogP contribution in [0.5, 0.6) is 0 Å². The maximum Gasteiger partial charge on any atom is 0.164 e. The van der Waals surface area contributed by atoms with E-state index in [4.69, 9.17) is 0 Å². The molecule has 122 valence electrons. The molecule has 7 heteroatoms. The second-order valence-corrected chi connectivity index (χ2v) is 5.97. The molecule has 0 atom stereocenters. The molecule has 1 aliphatic heterocycles. The summed E-state index contributed by atoms with van der Waals surface area (Å²) in [5.74, 6) is 2.64. The second kappa shape index (κ2) is 6.35. The molecule has 1 aliphatic rings. The largest absolute Gasteiger partial charge is 0.367 e. The lowest BCUT2D eigenvalue weighted by molar-refractivity contribution is 0.523. The zero-order valence-electron chi connectivity index (χ0n) is 13.6. The summed E-state index contributed by atoms with van der Waals surface area (Å²) in [5.41, 5.74) is 0.765. The average molecular weight is 321 g/mol. The molecule has 1 N–H and O–H groups in total. The maximum atomic E-state index is 4.67. The Morgan fingerprint density at radius 3 is 2.75 bits per heavy atom. The van der Waals surface area contributed by atoms with E-state index in [1.165, 1.54) is 0 Å². The molecule has 0 aliphatic carbocycles. The number of fused-ring (bicyclic) bond motifs is 1. The highest BCUT2D eigenvalue weighted by Crippen LogP contribution is 2.26. The van der Waals surface area contributed by atoms with Gasteiger partial charge in [-0.3, -0.25) is 0 Å². The fourth-order valence-electron chi connectivity index (χ4n) is 3.11. The highest BCUT2D eigenvalue weighted by atomic mass is 15.2. The first-order chi connectivity index (χ1) is 11.8. The van der Waals surface area contributed by atoms with Gasteiger partial charge in [0.2, 0.25) is 0 Å². The monoisotopic (exact) mass is 321 g/mol. The number of aryl methyl sites for hydroxylation is 1. The van der Waals surface area contributed by atoms with Crippen LogP contribution >= 0.6 is 0 Å².